The van der Waals surface area contributed by atoms with E-state index >= 15 is 0 Å². The number of carbonyl (C=O) groups is 1. The van der Waals surface area contributed by atoms with E-state index in [9.17, 15) is 9.18 Å². The van der Waals surface area contributed by atoms with Crippen molar-refractivity contribution in [2.24, 2.45) is 0 Å². The summed E-state index contributed by atoms with van der Waals surface area (Å²) in [5.74, 6) is 0.532. The number of methoxy groups -OCH3 is 1. The Bertz CT molecular complexity index is 971. The number of hydrogen-bond donors (Lipinski definition) is 1. The maximum atomic E-state index is 13.4. The first kappa shape index (κ1) is 17.3. The predicted octanol–water partition coefficient (Wildman–Crippen LogP) is 4.79. The highest BCUT2D eigenvalue weighted by molar-refractivity contribution is 5.96. The molecule has 0 spiro atoms. The van der Waals surface area contributed by atoms with Gasteiger partial charge in [0.2, 0.25) is 0 Å². The van der Waals surface area contributed by atoms with Crippen LogP contribution in [0.3, 0.4) is 0 Å². The average Bonchev–Trinajstić information content (AvgIpc) is 3.47. The van der Waals surface area contributed by atoms with E-state index in [1.54, 1.807) is 19.2 Å². The smallest absolute Gasteiger partial charge is 0.251 e. The average molecular weight is 361 g/mol. The van der Waals surface area contributed by atoms with Gasteiger partial charge in [-0.05, 0) is 47.9 Å². The number of amides is 1. The molecule has 3 nitrogen and oxygen atoms in total. The molecule has 1 N–H and O–H groups in total. The number of nitrogens with one attached hydrogen (secondary N) is 1. The number of rotatable bonds is 5. The molecule has 0 unspecified atom stereocenters. The maximum Gasteiger partial charge on any atom is 0.251 e. The molecule has 0 bridgehead atoms. The van der Waals surface area contributed by atoms with Gasteiger partial charge < -0.3 is 10.1 Å². The van der Waals surface area contributed by atoms with Crippen molar-refractivity contribution in [1.82, 2.24) is 5.32 Å². The lowest BCUT2D eigenvalue weighted by atomic mass is 10.0. The highest BCUT2D eigenvalue weighted by Crippen LogP contribution is 2.41. The molecule has 1 aliphatic rings. The van der Waals surface area contributed by atoms with Gasteiger partial charge in [-0.3, -0.25) is 4.79 Å². The van der Waals surface area contributed by atoms with Crippen molar-refractivity contribution in [3.8, 4) is 16.9 Å². The van der Waals surface area contributed by atoms with Crippen LogP contribution >= 0.6 is 0 Å². The molecule has 0 radical (unpaired) electrons. The molecule has 0 aromatic heterocycles. The van der Waals surface area contributed by atoms with E-state index in [4.69, 9.17) is 4.74 Å². The van der Waals surface area contributed by atoms with E-state index < -0.39 is 0 Å². The molecule has 1 amide bonds. The molecule has 3 aromatic carbocycles. The van der Waals surface area contributed by atoms with Crippen LogP contribution in [0.1, 0.15) is 28.3 Å². The van der Waals surface area contributed by atoms with Crippen molar-refractivity contribution in [1.29, 1.82) is 0 Å². The zero-order valence-electron chi connectivity index (χ0n) is 15.0. The minimum absolute atomic E-state index is 0.0431. The van der Waals surface area contributed by atoms with Gasteiger partial charge in [-0.15, -0.1) is 0 Å². The summed E-state index contributed by atoms with van der Waals surface area (Å²) in [6, 6.07) is 21.9. The Morgan fingerprint density at radius 1 is 1.04 bits per heavy atom. The highest BCUT2D eigenvalue weighted by Gasteiger charge is 2.39. The van der Waals surface area contributed by atoms with E-state index in [0.29, 0.717) is 5.56 Å². The summed E-state index contributed by atoms with van der Waals surface area (Å²) in [4.78, 5) is 12.7. The van der Waals surface area contributed by atoms with Crippen LogP contribution in [0, 0.1) is 5.82 Å². The van der Waals surface area contributed by atoms with Gasteiger partial charge in [0.25, 0.3) is 5.91 Å². The summed E-state index contributed by atoms with van der Waals surface area (Å²) in [7, 11) is 1.62. The van der Waals surface area contributed by atoms with Gasteiger partial charge >= 0.3 is 0 Å². The van der Waals surface area contributed by atoms with Crippen LogP contribution < -0.4 is 10.1 Å². The Hall–Kier alpha value is -3.14. The summed E-state index contributed by atoms with van der Waals surface area (Å²) in [6.07, 6.45) is 0.830. The van der Waals surface area contributed by atoms with Crippen LogP contribution in [0.5, 0.6) is 5.75 Å². The molecule has 27 heavy (non-hydrogen) atoms. The lowest BCUT2D eigenvalue weighted by Crippen LogP contribution is -2.26. The first-order valence-electron chi connectivity index (χ1n) is 8.95. The molecule has 1 aliphatic carbocycles. The largest absolute Gasteiger partial charge is 0.496 e. The number of benzene rings is 3. The third-order valence-corrected chi connectivity index (χ3v) is 4.93. The topological polar surface area (TPSA) is 38.3 Å². The molecule has 0 saturated heterocycles. The van der Waals surface area contributed by atoms with E-state index in [1.807, 2.05) is 48.5 Å². The van der Waals surface area contributed by atoms with Crippen LogP contribution in [0.2, 0.25) is 0 Å². The third kappa shape index (κ3) is 3.70. The van der Waals surface area contributed by atoms with Gasteiger partial charge in [-0.2, -0.15) is 0 Å². The minimum Gasteiger partial charge on any atom is -0.496 e. The zero-order valence-corrected chi connectivity index (χ0v) is 15.0. The Labute approximate surface area is 157 Å². The third-order valence-electron chi connectivity index (χ3n) is 4.93. The van der Waals surface area contributed by atoms with Crippen molar-refractivity contribution in [2.45, 2.75) is 18.4 Å². The van der Waals surface area contributed by atoms with Gasteiger partial charge in [-0.25, -0.2) is 4.39 Å². The van der Waals surface area contributed by atoms with Crippen LogP contribution in [-0.2, 0) is 0 Å². The van der Waals surface area contributed by atoms with Gasteiger partial charge in [0.15, 0.2) is 0 Å². The Morgan fingerprint density at radius 2 is 1.85 bits per heavy atom. The van der Waals surface area contributed by atoms with Crippen molar-refractivity contribution in [2.75, 3.05) is 7.11 Å². The van der Waals surface area contributed by atoms with Crippen molar-refractivity contribution in [3.05, 3.63) is 89.7 Å². The first-order chi connectivity index (χ1) is 13.2. The lowest BCUT2D eigenvalue weighted by molar-refractivity contribution is 0.0950. The summed E-state index contributed by atoms with van der Waals surface area (Å²) < 4.78 is 18.8. The van der Waals surface area contributed by atoms with E-state index in [-0.39, 0.29) is 23.7 Å². The fourth-order valence-electron chi connectivity index (χ4n) is 3.40. The SMILES string of the molecule is COc1ccc(C(=O)N[C@@H]2C[C@H]2c2cccc(F)c2)cc1-c1ccccc1. The van der Waals surface area contributed by atoms with Crippen molar-refractivity contribution >= 4 is 5.91 Å². The van der Waals surface area contributed by atoms with Crippen molar-refractivity contribution in [3.63, 3.8) is 0 Å². The standard InChI is InChI=1S/C23H20FNO2/c1-27-22-11-10-17(13-20(22)15-6-3-2-4-7-15)23(26)25-21-14-19(21)16-8-5-9-18(24)12-16/h2-13,19,21H,14H2,1H3,(H,25,26)/t19-,21+/m0/s1. The van der Waals surface area contributed by atoms with Crippen LogP contribution in [-0.4, -0.2) is 19.1 Å². The first-order valence-corrected chi connectivity index (χ1v) is 8.95. The summed E-state index contributed by atoms with van der Waals surface area (Å²) in [5, 5.41) is 3.05. The zero-order chi connectivity index (χ0) is 18.8. The number of halogens is 1. The Balaban J connectivity index is 1.51. The van der Waals surface area contributed by atoms with Gasteiger partial charge in [0, 0.05) is 23.1 Å². The molecule has 136 valence electrons. The molecular weight excluding hydrogens is 341 g/mol. The van der Waals surface area contributed by atoms with E-state index in [1.165, 1.54) is 12.1 Å². The molecule has 4 heteroatoms. The number of ether oxygens (including phenoxy) is 1. The number of hydrogen-bond acceptors (Lipinski definition) is 2. The molecule has 0 aliphatic heterocycles. The highest BCUT2D eigenvalue weighted by atomic mass is 19.1. The van der Waals surface area contributed by atoms with Crippen molar-refractivity contribution < 1.29 is 13.9 Å². The molecular formula is C23H20FNO2. The second-order valence-electron chi connectivity index (χ2n) is 6.76. The normalized spacial score (nSPS) is 18.0. The fourth-order valence-corrected chi connectivity index (χ4v) is 3.40. The summed E-state index contributed by atoms with van der Waals surface area (Å²) >= 11 is 0. The fraction of sp³-hybridized carbons (Fsp3) is 0.174. The lowest BCUT2D eigenvalue weighted by Gasteiger charge is -2.11. The van der Waals surface area contributed by atoms with Crippen LogP contribution in [0.4, 0.5) is 4.39 Å². The molecule has 1 saturated carbocycles. The molecule has 0 heterocycles. The van der Waals surface area contributed by atoms with Crippen LogP contribution in [0.25, 0.3) is 11.1 Å². The summed E-state index contributed by atoms with van der Waals surface area (Å²) in [5.41, 5.74) is 3.39. The summed E-state index contributed by atoms with van der Waals surface area (Å²) in [6.45, 7) is 0. The minimum atomic E-state index is -0.243. The monoisotopic (exact) mass is 361 g/mol. The molecule has 3 aromatic rings. The van der Waals surface area contributed by atoms with E-state index in [0.717, 1.165) is 28.9 Å². The van der Waals surface area contributed by atoms with Gasteiger partial charge in [0.1, 0.15) is 11.6 Å². The molecule has 2 atom stereocenters. The number of carbonyl (C=O) groups excluding carboxylic acids is 1. The van der Waals surface area contributed by atoms with Gasteiger partial charge in [-0.1, -0.05) is 42.5 Å². The van der Waals surface area contributed by atoms with Gasteiger partial charge in [0.05, 0.1) is 7.11 Å². The molecule has 4 rings (SSSR count). The second-order valence-corrected chi connectivity index (χ2v) is 6.76. The quantitative estimate of drug-likeness (QED) is 0.710. The van der Waals surface area contributed by atoms with Crippen LogP contribution in [0.15, 0.2) is 72.8 Å². The Kier molecular flexibility index (Phi) is 4.63. The van der Waals surface area contributed by atoms with E-state index in [2.05, 4.69) is 5.32 Å². The predicted molar refractivity (Wildman–Crippen MR) is 103 cm³/mol. The second kappa shape index (κ2) is 7.23. The molecule has 1 fully saturated rings. The Morgan fingerprint density at radius 3 is 2.59 bits per heavy atom. The maximum absolute atomic E-state index is 13.4.